The second kappa shape index (κ2) is 5.36. The summed E-state index contributed by atoms with van der Waals surface area (Å²) in [4.78, 5) is 11.6. The number of ether oxygens (including phenoxy) is 2. The number of hydrogen-bond acceptors (Lipinski definition) is 4. The van der Waals surface area contributed by atoms with Crippen LogP contribution in [0.25, 0.3) is 0 Å². The number of carbonyl (C=O) groups is 1. The third-order valence-corrected chi connectivity index (χ3v) is 3.35. The SMILES string of the molecule is CCOC(=O)c1cnn(CC2COc3ccccc32)c1. The van der Waals surface area contributed by atoms with Crippen molar-refractivity contribution in [2.45, 2.75) is 19.4 Å². The molecule has 0 radical (unpaired) electrons. The highest BCUT2D eigenvalue weighted by Crippen LogP contribution is 2.34. The lowest BCUT2D eigenvalue weighted by Crippen LogP contribution is -2.11. The lowest BCUT2D eigenvalue weighted by Gasteiger charge is -2.08. The quantitative estimate of drug-likeness (QED) is 0.801. The van der Waals surface area contributed by atoms with Crippen molar-refractivity contribution in [2.75, 3.05) is 13.2 Å². The highest BCUT2D eigenvalue weighted by molar-refractivity contribution is 5.88. The van der Waals surface area contributed by atoms with Crippen LogP contribution in [-0.4, -0.2) is 29.0 Å². The van der Waals surface area contributed by atoms with Crippen LogP contribution in [0.3, 0.4) is 0 Å². The van der Waals surface area contributed by atoms with Crippen LogP contribution >= 0.6 is 0 Å². The lowest BCUT2D eigenvalue weighted by molar-refractivity contribution is 0.0526. The third-order valence-electron chi connectivity index (χ3n) is 3.35. The van der Waals surface area contributed by atoms with Gasteiger partial charge >= 0.3 is 5.97 Å². The van der Waals surface area contributed by atoms with Crippen molar-refractivity contribution in [3.63, 3.8) is 0 Å². The van der Waals surface area contributed by atoms with Crippen molar-refractivity contribution in [3.05, 3.63) is 47.8 Å². The van der Waals surface area contributed by atoms with E-state index in [2.05, 4.69) is 11.2 Å². The molecule has 0 amide bonds. The number of carbonyl (C=O) groups excluding carboxylic acids is 1. The van der Waals surface area contributed by atoms with Crippen LogP contribution in [-0.2, 0) is 11.3 Å². The zero-order valence-electron chi connectivity index (χ0n) is 11.3. The number of esters is 1. The number of hydrogen-bond donors (Lipinski definition) is 0. The lowest BCUT2D eigenvalue weighted by atomic mass is 10.0. The van der Waals surface area contributed by atoms with Gasteiger partial charge in [0.2, 0.25) is 0 Å². The van der Waals surface area contributed by atoms with Gasteiger partial charge in [0, 0.05) is 17.7 Å². The molecule has 1 unspecified atom stereocenters. The van der Waals surface area contributed by atoms with Gasteiger partial charge in [-0.1, -0.05) is 18.2 Å². The Kier molecular flexibility index (Phi) is 3.41. The summed E-state index contributed by atoms with van der Waals surface area (Å²) in [5.74, 6) is 0.873. The molecule has 0 N–H and O–H groups in total. The minimum atomic E-state index is -0.332. The fraction of sp³-hybridized carbons (Fsp3) is 0.333. The van der Waals surface area contributed by atoms with Crippen LogP contribution in [0.2, 0.25) is 0 Å². The predicted octanol–water partition coefficient (Wildman–Crippen LogP) is 2.24. The van der Waals surface area contributed by atoms with Crippen molar-refractivity contribution < 1.29 is 14.3 Å². The van der Waals surface area contributed by atoms with Gasteiger partial charge in [-0.25, -0.2) is 4.79 Å². The molecule has 1 aromatic carbocycles. The average molecular weight is 272 g/mol. The maximum Gasteiger partial charge on any atom is 0.341 e. The van der Waals surface area contributed by atoms with Gasteiger partial charge in [0.1, 0.15) is 5.75 Å². The number of rotatable bonds is 4. The summed E-state index contributed by atoms with van der Waals surface area (Å²) in [7, 11) is 0. The first-order valence-corrected chi connectivity index (χ1v) is 6.69. The molecular weight excluding hydrogens is 256 g/mol. The maximum absolute atomic E-state index is 11.6. The average Bonchev–Trinajstić information content (AvgIpc) is 3.08. The summed E-state index contributed by atoms with van der Waals surface area (Å²) in [6.07, 6.45) is 3.26. The fourth-order valence-electron chi connectivity index (χ4n) is 2.39. The maximum atomic E-state index is 11.6. The van der Waals surface area contributed by atoms with Gasteiger partial charge in [0.25, 0.3) is 0 Å². The Balaban J connectivity index is 1.72. The Bertz CT molecular complexity index is 621. The molecule has 0 aliphatic carbocycles. The fourth-order valence-corrected chi connectivity index (χ4v) is 2.39. The molecule has 104 valence electrons. The molecule has 3 rings (SSSR count). The van der Waals surface area contributed by atoms with Crippen molar-refractivity contribution in [3.8, 4) is 5.75 Å². The van der Waals surface area contributed by atoms with Crippen LogP contribution in [0, 0.1) is 0 Å². The van der Waals surface area contributed by atoms with E-state index in [0.29, 0.717) is 25.3 Å². The first-order valence-electron chi connectivity index (χ1n) is 6.69. The molecule has 0 fully saturated rings. The van der Waals surface area contributed by atoms with E-state index < -0.39 is 0 Å². The van der Waals surface area contributed by atoms with Crippen molar-refractivity contribution in [1.82, 2.24) is 9.78 Å². The van der Waals surface area contributed by atoms with E-state index in [1.165, 1.54) is 5.56 Å². The molecule has 0 saturated carbocycles. The molecule has 5 nitrogen and oxygen atoms in total. The molecule has 1 aliphatic rings. The van der Waals surface area contributed by atoms with E-state index in [4.69, 9.17) is 9.47 Å². The minimum Gasteiger partial charge on any atom is -0.493 e. The standard InChI is InChI=1S/C15H16N2O3/c1-2-19-15(18)11-7-16-17(8-11)9-12-10-20-14-6-4-3-5-13(12)14/h3-8,12H,2,9-10H2,1H3. The van der Waals surface area contributed by atoms with Gasteiger partial charge in [0.15, 0.2) is 0 Å². The first-order chi connectivity index (χ1) is 9.78. The molecule has 20 heavy (non-hydrogen) atoms. The smallest absolute Gasteiger partial charge is 0.341 e. The highest BCUT2D eigenvalue weighted by atomic mass is 16.5. The summed E-state index contributed by atoms with van der Waals surface area (Å²) in [6.45, 7) is 3.49. The zero-order valence-corrected chi connectivity index (χ0v) is 11.3. The van der Waals surface area contributed by atoms with Crippen molar-refractivity contribution >= 4 is 5.97 Å². The van der Waals surface area contributed by atoms with Crippen LogP contribution < -0.4 is 4.74 Å². The second-order valence-electron chi connectivity index (χ2n) is 4.72. The third kappa shape index (κ3) is 2.39. The summed E-state index contributed by atoms with van der Waals surface area (Å²) in [5.41, 5.74) is 1.68. The van der Waals surface area contributed by atoms with E-state index >= 15 is 0 Å². The molecule has 1 atom stereocenters. The molecule has 1 aliphatic heterocycles. The van der Waals surface area contributed by atoms with Gasteiger partial charge in [-0.2, -0.15) is 5.10 Å². The molecule has 0 saturated heterocycles. The second-order valence-corrected chi connectivity index (χ2v) is 4.72. The largest absolute Gasteiger partial charge is 0.493 e. The van der Waals surface area contributed by atoms with E-state index in [9.17, 15) is 4.79 Å². The van der Waals surface area contributed by atoms with E-state index in [0.717, 1.165) is 5.75 Å². The predicted molar refractivity (Wildman–Crippen MR) is 72.9 cm³/mol. The summed E-state index contributed by atoms with van der Waals surface area (Å²) in [5, 5.41) is 4.22. The number of nitrogens with zero attached hydrogens (tertiary/aromatic N) is 2. The zero-order chi connectivity index (χ0) is 13.9. The van der Waals surface area contributed by atoms with Crippen molar-refractivity contribution in [2.24, 2.45) is 0 Å². The number of fused-ring (bicyclic) bond motifs is 1. The molecular formula is C15H16N2O3. The topological polar surface area (TPSA) is 53.3 Å². The highest BCUT2D eigenvalue weighted by Gasteiger charge is 2.24. The monoisotopic (exact) mass is 272 g/mol. The van der Waals surface area contributed by atoms with Gasteiger partial charge in [-0.3, -0.25) is 4.68 Å². The number of aromatic nitrogens is 2. The van der Waals surface area contributed by atoms with Crippen LogP contribution in [0.15, 0.2) is 36.7 Å². The normalized spacial score (nSPS) is 16.6. The van der Waals surface area contributed by atoms with Gasteiger partial charge in [-0.05, 0) is 13.0 Å². The van der Waals surface area contributed by atoms with Gasteiger partial charge < -0.3 is 9.47 Å². The van der Waals surface area contributed by atoms with E-state index in [1.54, 1.807) is 24.0 Å². The van der Waals surface area contributed by atoms with Gasteiger partial charge in [-0.15, -0.1) is 0 Å². The summed E-state index contributed by atoms with van der Waals surface area (Å²) < 4.78 is 12.4. The number of benzene rings is 1. The molecule has 0 bridgehead atoms. The molecule has 1 aromatic heterocycles. The van der Waals surface area contributed by atoms with Crippen LogP contribution in [0.4, 0.5) is 0 Å². The van der Waals surface area contributed by atoms with E-state index in [-0.39, 0.29) is 11.9 Å². The molecule has 2 aromatic rings. The first kappa shape index (κ1) is 12.7. The van der Waals surface area contributed by atoms with Gasteiger partial charge in [0.05, 0.1) is 31.5 Å². The number of para-hydroxylation sites is 1. The summed E-state index contributed by atoms with van der Waals surface area (Å²) in [6, 6.07) is 8.02. The Morgan fingerprint density at radius 2 is 2.35 bits per heavy atom. The Morgan fingerprint density at radius 3 is 3.20 bits per heavy atom. The van der Waals surface area contributed by atoms with Crippen LogP contribution in [0.1, 0.15) is 28.8 Å². The Hall–Kier alpha value is -2.30. The van der Waals surface area contributed by atoms with Crippen LogP contribution in [0.5, 0.6) is 5.75 Å². The molecule has 5 heteroatoms. The minimum absolute atomic E-state index is 0.265. The van der Waals surface area contributed by atoms with E-state index in [1.807, 2.05) is 18.2 Å². The molecule has 2 heterocycles. The Labute approximate surface area is 117 Å². The molecule has 0 spiro atoms. The Morgan fingerprint density at radius 1 is 1.50 bits per heavy atom. The summed E-state index contributed by atoms with van der Waals surface area (Å²) >= 11 is 0. The van der Waals surface area contributed by atoms with Crippen molar-refractivity contribution in [1.29, 1.82) is 0 Å².